The van der Waals surface area contributed by atoms with E-state index in [-0.39, 0.29) is 34.4 Å². The van der Waals surface area contributed by atoms with Crippen molar-refractivity contribution in [1.82, 2.24) is 0 Å². The maximum Gasteiger partial charge on any atom is 0.389 e. The molecule has 18 heavy (non-hydrogen) atoms. The normalized spacial score (nSPS) is 11.4. The standard InChI is InChI=1S/C11H9Cl2F3O2/c12-8-4-7(6-17)10(9(13)5-8)18-3-1-2-11(14,15)16/h4-6H,1-3H2. The van der Waals surface area contributed by atoms with E-state index in [9.17, 15) is 18.0 Å². The smallest absolute Gasteiger partial charge is 0.389 e. The molecule has 0 radical (unpaired) electrons. The summed E-state index contributed by atoms with van der Waals surface area (Å²) in [5.74, 6) is 0.0539. The molecule has 0 amide bonds. The first kappa shape index (κ1) is 15.1. The molecule has 0 aromatic heterocycles. The second kappa shape index (κ2) is 6.29. The van der Waals surface area contributed by atoms with Gasteiger partial charge in [-0.1, -0.05) is 23.2 Å². The molecule has 1 rings (SSSR count). The van der Waals surface area contributed by atoms with Gasteiger partial charge in [0.05, 0.1) is 17.2 Å². The van der Waals surface area contributed by atoms with Crippen LogP contribution >= 0.6 is 23.2 Å². The average molecular weight is 301 g/mol. The Kier molecular flexibility index (Phi) is 5.28. The predicted octanol–water partition coefficient (Wildman–Crippen LogP) is 4.53. The maximum atomic E-state index is 11.9. The minimum atomic E-state index is -4.22. The Bertz CT molecular complexity index is 433. The molecule has 0 saturated heterocycles. The van der Waals surface area contributed by atoms with E-state index in [1.165, 1.54) is 12.1 Å². The van der Waals surface area contributed by atoms with Crippen molar-refractivity contribution in [2.75, 3.05) is 6.61 Å². The molecule has 0 aliphatic rings. The third kappa shape index (κ3) is 4.74. The molecule has 0 N–H and O–H groups in total. The van der Waals surface area contributed by atoms with Crippen molar-refractivity contribution in [1.29, 1.82) is 0 Å². The van der Waals surface area contributed by atoms with E-state index in [1.54, 1.807) is 0 Å². The Morgan fingerprint density at radius 1 is 1.28 bits per heavy atom. The van der Waals surface area contributed by atoms with Gasteiger partial charge in [-0.2, -0.15) is 13.2 Å². The third-order valence-electron chi connectivity index (χ3n) is 2.02. The molecule has 0 heterocycles. The van der Waals surface area contributed by atoms with Gasteiger partial charge >= 0.3 is 6.18 Å². The molecule has 0 atom stereocenters. The van der Waals surface area contributed by atoms with Gasteiger partial charge in [0.1, 0.15) is 5.75 Å². The number of aldehydes is 1. The first-order valence-electron chi connectivity index (χ1n) is 4.97. The summed E-state index contributed by atoms with van der Waals surface area (Å²) in [6, 6.07) is 2.69. The fourth-order valence-corrected chi connectivity index (χ4v) is 1.83. The lowest BCUT2D eigenvalue weighted by molar-refractivity contribution is -0.136. The largest absolute Gasteiger partial charge is 0.491 e. The van der Waals surface area contributed by atoms with Crippen LogP contribution in [0.25, 0.3) is 0 Å². The van der Waals surface area contributed by atoms with E-state index in [4.69, 9.17) is 27.9 Å². The molecule has 2 nitrogen and oxygen atoms in total. The van der Waals surface area contributed by atoms with Crippen LogP contribution in [0.1, 0.15) is 23.2 Å². The van der Waals surface area contributed by atoms with Gasteiger partial charge in [-0.05, 0) is 18.6 Å². The number of carbonyl (C=O) groups is 1. The number of hydrogen-bond donors (Lipinski definition) is 0. The van der Waals surface area contributed by atoms with E-state index < -0.39 is 12.6 Å². The Labute approximate surface area is 112 Å². The second-order valence-electron chi connectivity index (χ2n) is 3.49. The molecule has 0 aliphatic heterocycles. The van der Waals surface area contributed by atoms with E-state index in [1.807, 2.05) is 0 Å². The molecule has 0 spiro atoms. The summed E-state index contributed by atoms with van der Waals surface area (Å²) >= 11 is 11.5. The summed E-state index contributed by atoms with van der Waals surface area (Å²) in [6.45, 7) is -0.179. The van der Waals surface area contributed by atoms with Gasteiger partial charge in [0.25, 0.3) is 0 Å². The Hall–Kier alpha value is -0.940. The van der Waals surface area contributed by atoms with Crippen molar-refractivity contribution in [3.8, 4) is 5.75 Å². The van der Waals surface area contributed by atoms with Crippen LogP contribution in [0.15, 0.2) is 12.1 Å². The zero-order valence-corrected chi connectivity index (χ0v) is 10.6. The predicted molar refractivity (Wildman–Crippen MR) is 62.6 cm³/mol. The van der Waals surface area contributed by atoms with Crippen molar-refractivity contribution < 1.29 is 22.7 Å². The molecule has 100 valence electrons. The third-order valence-corrected chi connectivity index (χ3v) is 2.51. The lowest BCUT2D eigenvalue weighted by Crippen LogP contribution is -2.10. The van der Waals surface area contributed by atoms with Crippen LogP contribution in [-0.2, 0) is 0 Å². The molecule has 0 bridgehead atoms. The molecular formula is C11H9Cl2F3O2. The van der Waals surface area contributed by atoms with Crippen LogP contribution in [-0.4, -0.2) is 19.1 Å². The van der Waals surface area contributed by atoms with Crippen molar-refractivity contribution in [3.05, 3.63) is 27.7 Å². The topological polar surface area (TPSA) is 26.3 Å². The fraction of sp³-hybridized carbons (Fsp3) is 0.364. The number of hydrogen-bond acceptors (Lipinski definition) is 2. The first-order chi connectivity index (χ1) is 8.33. The number of ether oxygens (including phenoxy) is 1. The Morgan fingerprint density at radius 3 is 2.50 bits per heavy atom. The van der Waals surface area contributed by atoms with Crippen molar-refractivity contribution in [3.63, 3.8) is 0 Å². The SMILES string of the molecule is O=Cc1cc(Cl)cc(Cl)c1OCCCC(F)(F)F. The van der Waals surface area contributed by atoms with Gasteiger partial charge in [0.15, 0.2) is 6.29 Å². The number of rotatable bonds is 5. The van der Waals surface area contributed by atoms with Crippen LogP contribution < -0.4 is 4.74 Å². The zero-order chi connectivity index (χ0) is 13.8. The Balaban J connectivity index is 2.65. The second-order valence-corrected chi connectivity index (χ2v) is 4.33. The van der Waals surface area contributed by atoms with Crippen LogP contribution in [0, 0.1) is 0 Å². The van der Waals surface area contributed by atoms with Gasteiger partial charge < -0.3 is 4.74 Å². The minimum Gasteiger partial charge on any atom is -0.491 e. The van der Waals surface area contributed by atoms with E-state index in [0.29, 0.717) is 6.29 Å². The van der Waals surface area contributed by atoms with Crippen molar-refractivity contribution >= 4 is 29.5 Å². The van der Waals surface area contributed by atoms with Crippen molar-refractivity contribution in [2.45, 2.75) is 19.0 Å². The van der Waals surface area contributed by atoms with Crippen LogP contribution in [0.4, 0.5) is 13.2 Å². The zero-order valence-electron chi connectivity index (χ0n) is 9.06. The van der Waals surface area contributed by atoms with Gasteiger partial charge in [-0.3, -0.25) is 4.79 Å². The highest BCUT2D eigenvalue weighted by molar-refractivity contribution is 6.36. The number of alkyl halides is 3. The summed E-state index contributed by atoms with van der Waals surface area (Å²) < 4.78 is 40.8. The van der Waals surface area contributed by atoms with Crippen LogP contribution in [0.3, 0.4) is 0 Å². The number of carbonyl (C=O) groups excluding carboxylic acids is 1. The highest BCUT2D eigenvalue weighted by atomic mass is 35.5. The lowest BCUT2D eigenvalue weighted by atomic mass is 10.2. The van der Waals surface area contributed by atoms with Crippen LogP contribution in [0.5, 0.6) is 5.75 Å². The molecule has 0 aliphatic carbocycles. The molecule has 1 aromatic rings. The summed E-state index contributed by atoms with van der Waals surface area (Å²) in [6.07, 6.45) is -4.90. The molecule has 0 unspecified atom stereocenters. The van der Waals surface area contributed by atoms with Gasteiger partial charge in [-0.15, -0.1) is 0 Å². The molecule has 7 heteroatoms. The molecular weight excluding hydrogens is 292 g/mol. The summed E-state index contributed by atoms with van der Waals surface area (Å²) in [4.78, 5) is 10.7. The molecule has 0 fully saturated rings. The monoisotopic (exact) mass is 300 g/mol. The highest BCUT2D eigenvalue weighted by Gasteiger charge is 2.26. The lowest BCUT2D eigenvalue weighted by Gasteiger charge is -2.11. The maximum absolute atomic E-state index is 11.9. The fourth-order valence-electron chi connectivity index (χ4n) is 1.27. The highest BCUT2D eigenvalue weighted by Crippen LogP contribution is 2.32. The molecule has 1 aromatic carbocycles. The quantitative estimate of drug-likeness (QED) is 0.590. The number of halogens is 5. The summed E-state index contributed by atoms with van der Waals surface area (Å²) in [5.41, 5.74) is 0.111. The van der Waals surface area contributed by atoms with Gasteiger partial charge in [-0.25, -0.2) is 0 Å². The molecule has 0 saturated carbocycles. The summed E-state index contributed by atoms with van der Waals surface area (Å²) in [5, 5.41) is 0.348. The number of benzene rings is 1. The Morgan fingerprint density at radius 2 is 1.94 bits per heavy atom. The van der Waals surface area contributed by atoms with Gasteiger partial charge in [0.2, 0.25) is 0 Å². The van der Waals surface area contributed by atoms with Crippen molar-refractivity contribution in [2.24, 2.45) is 0 Å². The summed E-state index contributed by atoms with van der Waals surface area (Å²) in [7, 11) is 0. The van der Waals surface area contributed by atoms with Gasteiger partial charge in [0, 0.05) is 11.4 Å². The minimum absolute atomic E-state index is 0.0539. The average Bonchev–Trinajstić information content (AvgIpc) is 2.24. The van der Waals surface area contributed by atoms with Crippen LogP contribution in [0.2, 0.25) is 10.0 Å². The van der Waals surface area contributed by atoms with E-state index >= 15 is 0 Å². The van der Waals surface area contributed by atoms with E-state index in [2.05, 4.69) is 0 Å². The van der Waals surface area contributed by atoms with E-state index in [0.717, 1.165) is 0 Å². The first-order valence-corrected chi connectivity index (χ1v) is 5.73.